The number of aliphatic imine (C=N–C) groups is 2. The topological polar surface area (TPSA) is 82.9 Å². The molecule has 2 aliphatic rings. The number of anilines is 2. The van der Waals surface area contributed by atoms with Crippen molar-refractivity contribution in [3.63, 3.8) is 0 Å². The molecule has 0 radical (unpaired) electrons. The summed E-state index contributed by atoms with van der Waals surface area (Å²) in [5.74, 6) is -0.455. The maximum Gasteiger partial charge on any atom is 0.275 e. The fraction of sp³-hybridized carbons (Fsp3) is 0.152. The van der Waals surface area contributed by atoms with E-state index in [1.807, 2.05) is 86.6 Å². The number of halogens is 2. The number of benzene rings is 4. The van der Waals surface area contributed by atoms with Crippen molar-refractivity contribution in [1.82, 2.24) is 0 Å². The van der Waals surface area contributed by atoms with E-state index in [2.05, 4.69) is 10.6 Å². The molecule has 0 saturated heterocycles. The van der Waals surface area contributed by atoms with Crippen molar-refractivity contribution < 1.29 is 9.59 Å². The zero-order valence-electron chi connectivity index (χ0n) is 22.5. The number of amides is 2. The summed E-state index contributed by atoms with van der Waals surface area (Å²) in [5.41, 5.74) is 8.73. The van der Waals surface area contributed by atoms with Crippen LogP contribution in [0, 0.1) is 0 Å². The molecule has 4 aromatic carbocycles. The smallest absolute Gasteiger partial charge is 0.275 e. The van der Waals surface area contributed by atoms with Gasteiger partial charge in [0, 0.05) is 27.6 Å². The molecule has 0 atom stereocenters. The van der Waals surface area contributed by atoms with Crippen molar-refractivity contribution in [1.29, 1.82) is 0 Å². The molecule has 204 valence electrons. The van der Waals surface area contributed by atoms with Crippen LogP contribution in [-0.2, 0) is 28.9 Å². The molecule has 0 spiro atoms. The fourth-order valence-corrected chi connectivity index (χ4v) is 6.07. The van der Waals surface area contributed by atoms with Gasteiger partial charge in [0.05, 0.1) is 22.7 Å². The lowest BCUT2D eigenvalue weighted by Crippen LogP contribution is -2.14. The summed E-state index contributed by atoms with van der Waals surface area (Å²) in [4.78, 5) is 34.7. The third kappa shape index (κ3) is 4.83. The van der Waals surface area contributed by atoms with Crippen LogP contribution in [-0.4, -0.2) is 23.2 Å². The highest BCUT2D eigenvalue weighted by atomic mass is 35.5. The van der Waals surface area contributed by atoms with Crippen molar-refractivity contribution in [2.75, 3.05) is 10.6 Å². The summed E-state index contributed by atoms with van der Waals surface area (Å²) in [7, 11) is 0. The minimum absolute atomic E-state index is 0.227. The molecule has 0 unspecified atom stereocenters. The molecule has 0 aromatic heterocycles. The number of nitrogens with zero attached hydrogens (tertiary/aromatic N) is 2. The van der Waals surface area contributed by atoms with Gasteiger partial charge in [0.1, 0.15) is 11.4 Å². The second-order valence-corrected chi connectivity index (χ2v) is 10.6. The van der Waals surface area contributed by atoms with Crippen LogP contribution < -0.4 is 10.6 Å². The summed E-state index contributed by atoms with van der Waals surface area (Å²) in [6.07, 6.45) is 1.81. The predicted molar refractivity (Wildman–Crippen MR) is 167 cm³/mol. The van der Waals surface area contributed by atoms with Crippen LogP contribution in [0.25, 0.3) is 0 Å². The minimum atomic E-state index is -0.227. The number of hydrogen-bond acceptors (Lipinski definition) is 4. The Morgan fingerprint density at radius 1 is 0.610 bits per heavy atom. The standard InChI is InChI=1S/C33H26Cl2N4O2/c1-3-20-26(36-30-22-9-5-7-11-24(22)38-32(30)40)15-13-18(28(20)34)17-19-14-16-27(21(4-2)29(19)35)37-31-23-10-6-8-12-25(23)39-33(31)41/h5-16H,3-4,17H2,1-2H3,(H,36,38,40)(H,37,39,41). The fourth-order valence-electron chi connectivity index (χ4n) is 5.35. The third-order valence-corrected chi connectivity index (χ3v) is 8.38. The van der Waals surface area contributed by atoms with Crippen LogP contribution in [0.5, 0.6) is 0 Å². The normalized spacial score (nSPS) is 15.7. The molecule has 6 rings (SSSR count). The quantitative estimate of drug-likeness (QED) is 0.243. The van der Waals surface area contributed by atoms with Gasteiger partial charge in [0.15, 0.2) is 0 Å². The number of fused-ring (bicyclic) bond motifs is 2. The number of carbonyl (C=O) groups is 2. The second kappa shape index (κ2) is 11.0. The van der Waals surface area contributed by atoms with Crippen molar-refractivity contribution in [3.05, 3.63) is 116 Å². The van der Waals surface area contributed by atoms with E-state index in [4.69, 9.17) is 33.2 Å². The van der Waals surface area contributed by atoms with Gasteiger partial charge in [-0.05, 0) is 59.4 Å². The van der Waals surface area contributed by atoms with Crippen molar-refractivity contribution >= 4 is 69.2 Å². The molecule has 2 aliphatic heterocycles. The Labute approximate surface area is 248 Å². The van der Waals surface area contributed by atoms with Crippen LogP contribution >= 0.6 is 23.2 Å². The molecule has 2 heterocycles. The second-order valence-electron chi connectivity index (χ2n) is 9.88. The average Bonchev–Trinajstić information content (AvgIpc) is 3.46. The van der Waals surface area contributed by atoms with E-state index in [9.17, 15) is 9.59 Å². The predicted octanol–water partition coefficient (Wildman–Crippen LogP) is 7.85. The van der Waals surface area contributed by atoms with E-state index in [0.29, 0.717) is 52.1 Å². The van der Waals surface area contributed by atoms with Gasteiger partial charge in [-0.2, -0.15) is 0 Å². The zero-order valence-corrected chi connectivity index (χ0v) is 24.0. The van der Waals surface area contributed by atoms with E-state index in [0.717, 1.165) is 44.8 Å². The highest BCUT2D eigenvalue weighted by Gasteiger charge is 2.27. The molecule has 0 aliphatic carbocycles. The molecule has 41 heavy (non-hydrogen) atoms. The maximum atomic E-state index is 12.6. The molecule has 0 saturated carbocycles. The van der Waals surface area contributed by atoms with Crippen LogP contribution in [0.3, 0.4) is 0 Å². The van der Waals surface area contributed by atoms with Gasteiger partial charge in [-0.1, -0.05) is 85.6 Å². The number of para-hydroxylation sites is 2. The van der Waals surface area contributed by atoms with Gasteiger partial charge in [-0.15, -0.1) is 0 Å². The first kappa shape index (κ1) is 26.9. The molecule has 6 nitrogen and oxygen atoms in total. The number of hydrogen-bond donors (Lipinski definition) is 2. The number of rotatable bonds is 6. The molecule has 8 heteroatoms. The van der Waals surface area contributed by atoms with E-state index < -0.39 is 0 Å². The average molecular weight is 582 g/mol. The Bertz CT molecular complexity index is 1680. The first-order chi connectivity index (χ1) is 19.9. The van der Waals surface area contributed by atoms with Gasteiger partial charge >= 0.3 is 0 Å². The Morgan fingerprint density at radius 3 is 1.44 bits per heavy atom. The minimum Gasteiger partial charge on any atom is -0.320 e. The molecule has 2 amide bonds. The van der Waals surface area contributed by atoms with Gasteiger partial charge in [0.2, 0.25) is 0 Å². The molecule has 0 bridgehead atoms. The Morgan fingerprint density at radius 2 is 1.02 bits per heavy atom. The van der Waals surface area contributed by atoms with E-state index in [-0.39, 0.29) is 11.8 Å². The van der Waals surface area contributed by atoms with Gasteiger partial charge < -0.3 is 10.6 Å². The summed E-state index contributed by atoms with van der Waals surface area (Å²) in [5, 5.41) is 6.95. The largest absolute Gasteiger partial charge is 0.320 e. The zero-order chi connectivity index (χ0) is 28.7. The lowest BCUT2D eigenvalue weighted by Gasteiger charge is -2.15. The first-order valence-electron chi connectivity index (χ1n) is 13.5. The van der Waals surface area contributed by atoms with Crippen LogP contribution in [0.1, 0.15) is 47.2 Å². The monoisotopic (exact) mass is 580 g/mol. The van der Waals surface area contributed by atoms with E-state index in [1.54, 1.807) is 0 Å². The molecule has 0 fully saturated rings. The SMILES string of the molecule is CCc1c(N=C2C(=O)Nc3ccccc32)ccc(Cc2ccc(N=C3C(=O)Nc4ccccc43)c(CC)c2Cl)c1Cl. The van der Waals surface area contributed by atoms with E-state index in [1.165, 1.54) is 0 Å². The summed E-state index contributed by atoms with van der Waals surface area (Å²) < 4.78 is 0. The highest BCUT2D eigenvalue weighted by molar-refractivity contribution is 6.54. The Hall–Kier alpha value is -4.26. The van der Waals surface area contributed by atoms with Gasteiger partial charge in [0.25, 0.3) is 11.8 Å². The van der Waals surface area contributed by atoms with Gasteiger partial charge in [-0.3, -0.25) is 9.59 Å². The molecular formula is C33H26Cl2N4O2. The Balaban J connectivity index is 1.34. The third-order valence-electron chi connectivity index (χ3n) is 7.44. The van der Waals surface area contributed by atoms with Gasteiger partial charge in [-0.25, -0.2) is 9.98 Å². The van der Waals surface area contributed by atoms with Crippen LogP contribution in [0.15, 0.2) is 82.8 Å². The first-order valence-corrected chi connectivity index (χ1v) is 14.2. The summed E-state index contributed by atoms with van der Waals surface area (Å²) in [6.45, 7) is 4.04. The number of carbonyl (C=O) groups excluding carboxylic acids is 2. The van der Waals surface area contributed by atoms with Crippen molar-refractivity contribution in [3.8, 4) is 0 Å². The number of nitrogens with one attached hydrogen (secondary N) is 2. The lowest BCUT2D eigenvalue weighted by molar-refractivity contribution is -0.110. The lowest BCUT2D eigenvalue weighted by atomic mass is 9.97. The van der Waals surface area contributed by atoms with Crippen LogP contribution in [0.4, 0.5) is 22.7 Å². The van der Waals surface area contributed by atoms with Crippen molar-refractivity contribution in [2.24, 2.45) is 9.98 Å². The molecular weight excluding hydrogens is 555 g/mol. The molecule has 4 aromatic rings. The summed E-state index contributed by atoms with van der Waals surface area (Å²) >= 11 is 13.9. The maximum absolute atomic E-state index is 12.6. The van der Waals surface area contributed by atoms with E-state index >= 15 is 0 Å². The van der Waals surface area contributed by atoms with Crippen LogP contribution in [0.2, 0.25) is 10.0 Å². The molecule has 2 N–H and O–H groups in total. The summed E-state index contributed by atoms with van der Waals surface area (Å²) in [6, 6.07) is 22.7. The highest BCUT2D eigenvalue weighted by Crippen LogP contribution is 2.37. The van der Waals surface area contributed by atoms with Crippen molar-refractivity contribution in [2.45, 2.75) is 33.1 Å². The Kier molecular flexibility index (Phi) is 7.20.